The Morgan fingerprint density at radius 3 is 2.46 bits per heavy atom. The molecule has 0 bridgehead atoms. The summed E-state index contributed by atoms with van der Waals surface area (Å²) in [6, 6.07) is 8.74. The minimum Gasteiger partial charge on any atom is -0.396 e. The zero-order chi connectivity index (χ0) is 25.4. The van der Waals surface area contributed by atoms with Crippen molar-refractivity contribution in [3.63, 3.8) is 0 Å². The van der Waals surface area contributed by atoms with Crippen LogP contribution in [0.5, 0.6) is 0 Å². The fraction of sp³-hybridized carbons (Fsp3) is 0.536. The molecule has 2 saturated carbocycles. The number of fused-ring (bicyclic) bond motifs is 1. The van der Waals surface area contributed by atoms with Gasteiger partial charge in [-0.15, -0.1) is 0 Å². The third-order valence-electron chi connectivity index (χ3n) is 8.76. The molecule has 0 radical (unpaired) electrons. The second-order valence-electron chi connectivity index (χ2n) is 10.7. The highest BCUT2D eigenvalue weighted by molar-refractivity contribution is 5.64. The van der Waals surface area contributed by atoms with Crippen molar-refractivity contribution in [3.05, 3.63) is 59.9 Å². The summed E-state index contributed by atoms with van der Waals surface area (Å²) >= 11 is 0. The monoisotopic (exact) mass is 489 g/mol. The van der Waals surface area contributed by atoms with E-state index in [2.05, 4.69) is 18.0 Å². The van der Waals surface area contributed by atoms with Gasteiger partial charge in [0.15, 0.2) is 0 Å². The topological polar surface area (TPSA) is 73.6 Å². The van der Waals surface area contributed by atoms with Crippen LogP contribution in [-0.4, -0.2) is 39.6 Å². The summed E-state index contributed by atoms with van der Waals surface area (Å²) in [7, 11) is 0. The lowest BCUT2D eigenvalue weighted by atomic mass is 9.45. The molecule has 0 saturated heterocycles. The Kier molecular flexibility index (Phi) is 7.15. The van der Waals surface area contributed by atoms with Crippen molar-refractivity contribution < 1.29 is 28.5 Å². The Labute approximate surface area is 204 Å². The first-order valence-electron chi connectivity index (χ1n) is 12.2. The van der Waals surface area contributed by atoms with Gasteiger partial charge in [0.05, 0.1) is 24.0 Å². The van der Waals surface area contributed by atoms with E-state index < -0.39 is 23.3 Å². The van der Waals surface area contributed by atoms with Crippen molar-refractivity contribution in [1.29, 1.82) is 0 Å². The predicted molar refractivity (Wildman–Crippen MR) is 129 cm³/mol. The number of hydrogen-bond acceptors (Lipinski definition) is 4. The van der Waals surface area contributed by atoms with Crippen LogP contribution in [0, 0.1) is 28.6 Å². The zero-order valence-electron chi connectivity index (χ0n) is 20.2. The third kappa shape index (κ3) is 4.78. The summed E-state index contributed by atoms with van der Waals surface area (Å²) in [6.07, 6.45) is 3.71. The highest BCUT2D eigenvalue weighted by Crippen LogP contribution is 2.61. The standard InChI is InChI=1S/C28H34F3NO3/c1-26-13-12-25(35)27(2,17-34)24(26)11-7-20(16-33)23(26)10-9-22-8-6-19(15-32-22)18-4-3-5-21(14-18)28(29,30)31/h3-6,8-10,14-15,20,23-25,33-35H,7,11-13,16-17H2,1-2H3/b10-9+/t20?,23-,24+,25-,26+,27+/m1/s1. The van der Waals surface area contributed by atoms with Crippen molar-refractivity contribution in [1.82, 2.24) is 4.98 Å². The number of nitrogens with zero attached hydrogens (tertiary/aromatic N) is 1. The lowest BCUT2D eigenvalue weighted by Crippen LogP contribution is -2.58. The van der Waals surface area contributed by atoms with E-state index in [-0.39, 0.29) is 36.4 Å². The second-order valence-corrected chi connectivity index (χ2v) is 10.7. The highest BCUT2D eigenvalue weighted by atomic mass is 19.4. The molecule has 0 amide bonds. The number of aliphatic hydroxyl groups is 3. The fourth-order valence-electron chi connectivity index (χ4n) is 6.64. The Balaban J connectivity index is 1.58. The van der Waals surface area contributed by atoms with E-state index in [1.54, 1.807) is 24.4 Å². The molecule has 2 aliphatic rings. The van der Waals surface area contributed by atoms with E-state index in [0.29, 0.717) is 23.2 Å². The van der Waals surface area contributed by atoms with Crippen molar-refractivity contribution in [2.45, 2.75) is 51.8 Å². The van der Waals surface area contributed by atoms with Gasteiger partial charge in [0.2, 0.25) is 0 Å². The Morgan fingerprint density at radius 1 is 1.06 bits per heavy atom. The number of rotatable bonds is 5. The van der Waals surface area contributed by atoms with E-state index in [1.165, 1.54) is 6.07 Å². The third-order valence-corrected chi connectivity index (χ3v) is 8.76. The minimum atomic E-state index is -4.40. The Hall–Kier alpha value is -2.22. The van der Waals surface area contributed by atoms with Crippen LogP contribution in [0.4, 0.5) is 13.2 Å². The van der Waals surface area contributed by atoms with Crippen molar-refractivity contribution in [2.75, 3.05) is 13.2 Å². The number of alkyl halides is 3. The van der Waals surface area contributed by atoms with E-state index in [1.807, 2.05) is 13.0 Å². The van der Waals surface area contributed by atoms with E-state index in [4.69, 9.17) is 0 Å². The molecule has 1 heterocycles. The van der Waals surface area contributed by atoms with Gasteiger partial charge < -0.3 is 15.3 Å². The molecule has 4 nitrogen and oxygen atoms in total. The van der Waals surface area contributed by atoms with Crippen LogP contribution in [0.1, 0.15) is 50.8 Å². The average Bonchev–Trinajstić information content (AvgIpc) is 2.85. The van der Waals surface area contributed by atoms with Crippen LogP contribution in [0.25, 0.3) is 17.2 Å². The average molecular weight is 490 g/mol. The van der Waals surface area contributed by atoms with Gasteiger partial charge in [0.1, 0.15) is 0 Å². The van der Waals surface area contributed by atoms with Gasteiger partial charge in [-0.2, -0.15) is 13.2 Å². The molecular formula is C28H34F3NO3. The van der Waals surface area contributed by atoms with Crippen LogP contribution in [0.2, 0.25) is 0 Å². The molecule has 0 spiro atoms. The summed E-state index contributed by atoms with van der Waals surface area (Å²) in [5.41, 5.74) is 0.285. The van der Waals surface area contributed by atoms with Gasteiger partial charge in [-0.25, -0.2) is 0 Å². The first kappa shape index (κ1) is 25.9. The molecule has 190 valence electrons. The molecule has 4 rings (SSSR count). The summed E-state index contributed by atoms with van der Waals surface area (Å²) in [4.78, 5) is 4.46. The molecule has 2 fully saturated rings. The number of aromatic nitrogens is 1. The maximum Gasteiger partial charge on any atom is 0.416 e. The molecule has 1 aromatic heterocycles. The van der Waals surface area contributed by atoms with E-state index >= 15 is 0 Å². The summed E-state index contributed by atoms with van der Waals surface area (Å²) < 4.78 is 39.2. The molecule has 1 aromatic carbocycles. The molecule has 2 aliphatic carbocycles. The molecule has 2 aromatic rings. The van der Waals surface area contributed by atoms with Crippen LogP contribution < -0.4 is 0 Å². The lowest BCUT2D eigenvalue weighted by molar-refractivity contribution is -0.167. The van der Waals surface area contributed by atoms with Crippen LogP contribution in [-0.2, 0) is 6.18 Å². The SMILES string of the molecule is C[C@]1(CO)[C@H]2CCC(CO)[C@@H](/C=C/c3ccc(-c4cccc(C(F)(F)F)c4)cn3)[C@]2(C)CC[C@H]1O. The molecule has 6 atom stereocenters. The Bertz CT molecular complexity index is 1050. The summed E-state index contributed by atoms with van der Waals surface area (Å²) in [5, 5.41) is 31.0. The molecule has 7 heteroatoms. The fourth-order valence-corrected chi connectivity index (χ4v) is 6.64. The van der Waals surface area contributed by atoms with Gasteiger partial charge >= 0.3 is 6.18 Å². The van der Waals surface area contributed by atoms with Crippen LogP contribution >= 0.6 is 0 Å². The first-order chi connectivity index (χ1) is 16.5. The first-order valence-corrected chi connectivity index (χ1v) is 12.2. The van der Waals surface area contributed by atoms with Gasteiger partial charge in [-0.3, -0.25) is 4.98 Å². The Morgan fingerprint density at radius 2 is 1.83 bits per heavy atom. The maximum absolute atomic E-state index is 13.1. The second kappa shape index (κ2) is 9.68. The number of hydrogen-bond donors (Lipinski definition) is 3. The maximum atomic E-state index is 13.1. The molecule has 1 unspecified atom stereocenters. The number of allylic oxidation sites excluding steroid dienone is 1. The highest BCUT2D eigenvalue weighted by Gasteiger charge is 2.58. The van der Waals surface area contributed by atoms with E-state index in [0.717, 1.165) is 31.4 Å². The molecule has 3 N–H and O–H groups in total. The summed E-state index contributed by atoms with van der Waals surface area (Å²) in [5.74, 6) is 0.252. The molecule has 0 aliphatic heterocycles. The minimum absolute atomic E-state index is 0.0505. The van der Waals surface area contributed by atoms with Crippen molar-refractivity contribution in [3.8, 4) is 11.1 Å². The van der Waals surface area contributed by atoms with Gasteiger partial charge in [0, 0.05) is 23.8 Å². The smallest absolute Gasteiger partial charge is 0.396 e. The number of halogens is 3. The van der Waals surface area contributed by atoms with Crippen molar-refractivity contribution >= 4 is 6.08 Å². The lowest BCUT2D eigenvalue weighted by Gasteiger charge is -2.60. The van der Waals surface area contributed by atoms with Gasteiger partial charge in [-0.05, 0) is 78.7 Å². The quantitative estimate of drug-likeness (QED) is 0.513. The number of benzene rings is 1. The number of aliphatic hydroxyl groups excluding tert-OH is 3. The normalized spacial score (nSPS) is 33.6. The number of pyridine rings is 1. The predicted octanol–water partition coefficient (Wildman–Crippen LogP) is 5.57. The van der Waals surface area contributed by atoms with Crippen molar-refractivity contribution in [2.24, 2.45) is 28.6 Å². The van der Waals surface area contributed by atoms with E-state index in [9.17, 15) is 28.5 Å². The van der Waals surface area contributed by atoms with Gasteiger partial charge in [0.25, 0.3) is 0 Å². The summed E-state index contributed by atoms with van der Waals surface area (Å²) in [6.45, 7) is 4.16. The van der Waals surface area contributed by atoms with Crippen LogP contribution in [0.3, 0.4) is 0 Å². The van der Waals surface area contributed by atoms with Crippen LogP contribution in [0.15, 0.2) is 48.7 Å². The molecule has 35 heavy (non-hydrogen) atoms. The largest absolute Gasteiger partial charge is 0.416 e. The zero-order valence-corrected chi connectivity index (χ0v) is 20.2. The van der Waals surface area contributed by atoms with Gasteiger partial charge in [-0.1, -0.05) is 38.1 Å². The molecular weight excluding hydrogens is 455 g/mol.